The van der Waals surface area contributed by atoms with Crippen molar-refractivity contribution in [2.45, 2.75) is 11.3 Å². The van der Waals surface area contributed by atoms with Gasteiger partial charge in [-0.2, -0.15) is 0 Å². The van der Waals surface area contributed by atoms with Crippen LogP contribution in [0, 0.1) is 11.6 Å². The van der Waals surface area contributed by atoms with Gasteiger partial charge >= 0.3 is 0 Å². The normalized spacial score (nSPS) is 12.0. The Hall–Kier alpha value is -3.16. The molecule has 3 aromatic carbocycles. The number of hydrogen-bond donors (Lipinski definition) is 2. The van der Waals surface area contributed by atoms with Gasteiger partial charge in [0.2, 0.25) is 0 Å². The summed E-state index contributed by atoms with van der Waals surface area (Å²) in [4.78, 5) is 8.06. The Morgan fingerprint density at radius 2 is 1.61 bits per heavy atom. The van der Waals surface area contributed by atoms with Gasteiger partial charge in [-0.3, -0.25) is 0 Å². The van der Waals surface area contributed by atoms with Crippen LogP contribution in [0.2, 0.25) is 0 Å². The zero-order valence-corrected chi connectivity index (χ0v) is 17.3. The summed E-state index contributed by atoms with van der Waals surface area (Å²) in [5, 5.41) is 10.9. The topological polar surface area (TPSA) is 58.1 Å². The standard InChI is InChI=1S/C24H20F2N2O2S/c25-18-11-12-21(20(26)13-18)30-14-19(29)15-31-24-27-22(16-7-3-1-4-8-16)23(28-24)17-9-5-2-6-10-17/h1-13,19,29H,14-15H2,(H,27,28). The third kappa shape index (κ3) is 5.31. The van der Waals surface area contributed by atoms with Gasteiger partial charge in [0.05, 0.1) is 17.5 Å². The summed E-state index contributed by atoms with van der Waals surface area (Å²) in [5.41, 5.74) is 3.72. The number of nitrogens with one attached hydrogen (secondary N) is 1. The number of rotatable bonds is 8. The maximum absolute atomic E-state index is 13.7. The lowest BCUT2D eigenvalue weighted by Gasteiger charge is -2.12. The first-order chi connectivity index (χ1) is 15.1. The Morgan fingerprint density at radius 3 is 2.29 bits per heavy atom. The minimum Gasteiger partial charge on any atom is -0.488 e. The molecular formula is C24H20F2N2O2S. The number of halogens is 2. The Kier molecular flexibility index (Phi) is 6.64. The number of thioether (sulfide) groups is 1. The first-order valence-corrected chi connectivity index (χ1v) is 10.7. The van der Waals surface area contributed by atoms with E-state index in [9.17, 15) is 13.9 Å². The fraction of sp³-hybridized carbons (Fsp3) is 0.125. The van der Waals surface area contributed by atoms with E-state index in [0.29, 0.717) is 10.9 Å². The highest BCUT2D eigenvalue weighted by molar-refractivity contribution is 7.99. The number of benzene rings is 3. The molecule has 0 aliphatic carbocycles. The zero-order chi connectivity index (χ0) is 21.6. The third-order valence-corrected chi connectivity index (χ3v) is 5.55. The quantitative estimate of drug-likeness (QED) is 0.354. The summed E-state index contributed by atoms with van der Waals surface area (Å²) in [6.07, 6.45) is -0.861. The fourth-order valence-electron chi connectivity index (χ4n) is 3.04. The average molecular weight is 438 g/mol. The summed E-state index contributed by atoms with van der Waals surface area (Å²) >= 11 is 1.34. The minimum absolute atomic E-state index is 0.0961. The van der Waals surface area contributed by atoms with Gasteiger partial charge < -0.3 is 14.8 Å². The summed E-state index contributed by atoms with van der Waals surface area (Å²) in [7, 11) is 0. The molecule has 158 valence electrons. The molecule has 1 aromatic heterocycles. The van der Waals surface area contributed by atoms with E-state index in [2.05, 4.69) is 4.98 Å². The van der Waals surface area contributed by atoms with Crippen molar-refractivity contribution in [2.75, 3.05) is 12.4 Å². The van der Waals surface area contributed by atoms with E-state index in [-0.39, 0.29) is 12.4 Å². The number of aromatic amines is 1. The molecule has 31 heavy (non-hydrogen) atoms. The Labute approximate surface area is 182 Å². The number of imidazole rings is 1. The molecule has 4 rings (SSSR count). The molecule has 4 aromatic rings. The fourth-order valence-corrected chi connectivity index (χ4v) is 3.82. The molecule has 1 heterocycles. The van der Waals surface area contributed by atoms with E-state index in [0.717, 1.165) is 34.6 Å². The third-order valence-electron chi connectivity index (χ3n) is 4.53. The van der Waals surface area contributed by atoms with Crippen LogP contribution in [-0.4, -0.2) is 33.5 Å². The second-order valence-electron chi connectivity index (χ2n) is 6.85. The van der Waals surface area contributed by atoms with Gasteiger partial charge in [0.1, 0.15) is 12.4 Å². The predicted molar refractivity (Wildman–Crippen MR) is 118 cm³/mol. The van der Waals surface area contributed by atoms with Crippen LogP contribution >= 0.6 is 11.8 Å². The first kappa shape index (κ1) is 21.1. The van der Waals surface area contributed by atoms with Crippen molar-refractivity contribution in [3.63, 3.8) is 0 Å². The molecule has 0 bridgehead atoms. The predicted octanol–water partition coefficient (Wildman–Crippen LogP) is 5.55. The Balaban J connectivity index is 1.45. The Morgan fingerprint density at radius 1 is 0.935 bits per heavy atom. The summed E-state index contributed by atoms with van der Waals surface area (Å²) in [5.74, 6) is -1.28. The zero-order valence-electron chi connectivity index (χ0n) is 16.5. The SMILES string of the molecule is OC(COc1ccc(F)cc1F)CSc1nc(-c2ccccc2)c(-c2ccccc2)[nH]1. The van der Waals surface area contributed by atoms with Gasteiger partial charge in [-0.15, -0.1) is 0 Å². The van der Waals surface area contributed by atoms with E-state index >= 15 is 0 Å². The number of nitrogens with zero attached hydrogens (tertiary/aromatic N) is 1. The maximum Gasteiger partial charge on any atom is 0.167 e. The molecule has 1 atom stereocenters. The molecule has 7 heteroatoms. The molecule has 0 spiro atoms. The molecule has 0 amide bonds. The van der Waals surface area contributed by atoms with Crippen LogP contribution in [0.5, 0.6) is 5.75 Å². The summed E-state index contributed by atoms with van der Waals surface area (Å²) in [6.45, 7) is -0.118. The largest absolute Gasteiger partial charge is 0.488 e. The lowest BCUT2D eigenvalue weighted by Crippen LogP contribution is -2.20. The highest BCUT2D eigenvalue weighted by atomic mass is 32.2. The molecule has 0 saturated heterocycles. The van der Waals surface area contributed by atoms with Crippen molar-refractivity contribution in [2.24, 2.45) is 0 Å². The van der Waals surface area contributed by atoms with Crippen LogP contribution in [-0.2, 0) is 0 Å². The van der Waals surface area contributed by atoms with E-state index in [1.807, 2.05) is 60.7 Å². The molecule has 2 N–H and O–H groups in total. The van der Waals surface area contributed by atoms with Crippen molar-refractivity contribution in [3.05, 3.63) is 90.5 Å². The van der Waals surface area contributed by atoms with Crippen LogP contribution < -0.4 is 4.74 Å². The van der Waals surface area contributed by atoms with Gasteiger partial charge in [-0.1, -0.05) is 72.4 Å². The number of hydrogen-bond acceptors (Lipinski definition) is 4. The van der Waals surface area contributed by atoms with Crippen LogP contribution in [0.15, 0.2) is 84.0 Å². The maximum atomic E-state index is 13.7. The lowest BCUT2D eigenvalue weighted by atomic mass is 10.1. The van der Waals surface area contributed by atoms with Crippen molar-refractivity contribution < 1.29 is 18.6 Å². The van der Waals surface area contributed by atoms with Crippen LogP contribution in [0.3, 0.4) is 0 Å². The molecule has 4 nitrogen and oxygen atoms in total. The Bertz CT molecular complexity index is 1080. The van der Waals surface area contributed by atoms with Crippen LogP contribution in [0.25, 0.3) is 22.5 Å². The molecule has 0 radical (unpaired) electrons. The molecular weight excluding hydrogens is 418 g/mol. The van der Waals surface area contributed by atoms with E-state index < -0.39 is 17.7 Å². The van der Waals surface area contributed by atoms with E-state index in [1.165, 1.54) is 17.8 Å². The molecule has 0 aliphatic heterocycles. The molecule has 0 saturated carbocycles. The second kappa shape index (κ2) is 9.76. The minimum atomic E-state index is -0.861. The first-order valence-electron chi connectivity index (χ1n) is 9.69. The van der Waals surface area contributed by atoms with Gasteiger partial charge in [-0.05, 0) is 12.1 Å². The molecule has 0 fully saturated rings. The highest BCUT2D eigenvalue weighted by Crippen LogP contribution is 2.32. The van der Waals surface area contributed by atoms with Gasteiger partial charge in [-0.25, -0.2) is 13.8 Å². The number of aliphatic hydroxyl groups is 1. The molecule has 1 unspecified atom stereocenters. The van der Waals surface area contributed by atoms with Crippen molar-refractivity contribution in [1.29, 1.82) is 0 Å². The molecule has 0 aliphatic rings. The average Bonchev–Trinajstić information content (AvgIpc) is 3.23. The summed E-state index contributed by atoms with van der Waals surface area (Å²) in [6, 6.07) is 22.8. The van der Waals surface area contributed by atoms with Crippen LogP contribution in [0.1, 0.15) is 0 Å². The summed E-state index contributed by atoms with van der Waals surface area (Å²) < 4.78 is 31.9. The van der Waals surface area contributed by atoms with Crippen molar-refractivity contribution in [3.8, 4) is 28.3 Å². The van der Waals surface area contributed by atoms with Crippen LogP contribution in [0.4, 0.5) is 8.78 Å². The van der Waals surface area contributed by atoms with Crippen molar-refractivity contribution in [1.82, 2.24) is 9.97 Å². The van der Waals surface area contributed by atoms with E-state index in [4.69, 9.17) is 9.72 Å². The number of H-pyrrole nitrogens is 1. The highest BCUT2D eigenvalue weighted by Gasteiger charge is 2.16. The van der Waals surface area contributed by atoms with Gasteiger partial charge in [0.15, 0.2) is 16.7 Å². The number of ether oxygens (including phenoxy) is 1. The smallest absolute Gasteiger partial charge is 0.167 e. The van der Waals surface area contributed by atoms with Gasteiger partial charge in [0, 0.05) is 22.9 Å². The van der Waals surface area contributed by atoms with E-state index in [1.54, 1.807) is 0 Å². The van der Waals surface area contributed by atoms with Crippen molar-refractivity contribution >= 4 is 11.8 Å². The number of aromatic nitrogens is 2. The van der Waals surface area contributed by atoms with Gasteiger partial charge in [0.25, 0.3) is 0 Å². The monoisotopic (exact) mass is 438 g/mol. The second-order valence-corrected chi connectivity index (χ2v) is 7.86. The number of aliphatic hydroxyl groups excluding tert-OH is 1. The lowest BCUT2D eigenvalue weighted by molar-refractivity contribution is 0.123.